The van der Waals surface area contributed by atoms with E-state index in [-0.39, 0.29) is 12.5 Å². The lowest BCUT2D eigenvalue weighted by atomic mass is 9.84. The maximum Gasteiger partial charge on any atom is 0.303 e. The number of hydrogen-bond donors (Lipinski definition) is 2. The summed E-state index contributed by atoms with van der Waals surface area (Å²) < 4.78 is 5.87. The number of carboxylic acid groups (broad SMARTS) is 1. The van der Waals surface area contributed by atoms with E-state index in [4.69, 9.17) is 9.84 Å². The summed E-state index contributed by atoms with van der Waals surface area (Å²) in [5.74, 6) is 0.902. The molecule has 4 nitrogen and oxygen atoms in total. The van der Waals surface area contributed by atoms with Crippen molar-refractivity contribution in [2.45, 2.75) is 76.9 Å². The highest BCUT2D eigenvalue weighted by Crippen LogP contribution is 2.47. The molecule has 2 N–H and O–H groups in total. The number of hydrogen-bond acceptors (Lipinski definition) is 3. The number of ether oxygens (including phenoxy) is 1. The molecule has 1 saturated heterocycles. The maximum absolute atomic E-state index is 10.5. The molecule has 5 atom stereocenters. The summed E-state index contributed by atoms with van der Waals surface area (Å²) in [5, 5.41) is 18.8. The van der Waals surface area contributed by atoms with Gasteiger partial charge in [0.2, 0.25) is 0 Å². The SMILES string of the molecule is CCCCCC(O)/C=C/[C@@H]1[C@@H](C/C=C\CCCC(=O)O)[C@H]2CO[C@@H]1C2. The third-order valence-electron chi connectivity index (χ3n) is 5.58. The van der Waals surface area contributed by atoms with E-state index in [2.05, 4.69) is 25.2 Å². The van der Waals surface area contributed by atoms with Crippen LogP contribution in [0, 0.1) is 17.8 Å². The van der Waals surface area contributed by atoms with Gasteiger partial charge in [0.25, 0.3) is 0 Å². The third kappa shape index (κ3) is 6.59. The molecule has 1 aliphatic carbocycles. The molecule has 25 heavy (non-hydrogen) atoms. The molecule has 1 unspecified atom stereocenters. The minimum Gasteiger partial charge on any atom is -0.481 e. The average molecular weight is 350 g/mol. The van der Waals surface area contributed by atoms with Crippen molar-refractivity contribution in [2.24, 2.45) is 17.8 Å². The van der Waals surface area contributed by atoms with Crippen molar-refractivity contribution in [3.8, 4) is 0 Å². The van der Waals surface area contributed by atoms with Crippen LogP contribution in [0.1, 0.15) is 64.7 Å². The summed E-state index contributed by atoms with van der Waals surface area (Å²) in [6.45, 7) is 3.04. The first-order valence-electron chi connectivity index (χ1n) is 9.96. The van der Waals surface area contributed by atoms with Crippen molar-refractivity contribution in [1.29, 1.82) is 0 Å². The van der Waals surface area contributed by atoms with E-state index in [0.29, 0.717) is 30.3 Å². The molecule has 142 valence electrons. The van der Waals surface area contributed by atoms with E-state index in [1.807, 2.05) is 6.08 Å². The molecule has 1 heterocycles. The molecule has 4 heteroatoms. The van der Waals surface area contributed by atoms with Gasteiger partial charge in [-0.05, 0) is 43.9 Å². The van der Waals surface area contributed by atoms with E-state index in [0.717, 1.165) is 38.7 Å². The molecule has 2 aliphatic rings. The van der Waals surface area contributed by atoms with Crippen LogP contribution < -0.4 is 0 Å². The zero-order chi connectivity index (χ0) is 18.1. The van der Waals surface area contributed by atoms with Gasteiger partial charge in [-0.15, -0.1) is 0 Å². The third-order valence-corrected chi connectivity index (χ3v) is 5.58. The molecule has 0 aromatic rings. The highest BCUT2D eigenvalue weighted by atomic mass is 16.5. The first-order chi connectivity index (χ1) is 12.1. The minimum atomic E-state index is -0.721. The minimum absolute atomic E-state index is 0.244. The van der Waals surface area contributed by atoms with E-state index in [1.54, 1.807) is 0 Å². The van der Waals surface area contributed by atoms with Gasteiger partial charge in [0, 0.05) is 12.3 Å². The van der Waals surface area contributed by atoms with Crippen molar-refractivity contribution in [3.63, 3.8) is 0 Å². The van der Waals surface area contributed by atoms with Crippen LogP contribution in [0.5, 0.6) is 0 Å². The van der Waals surface area contributed by atoms with E-state index in [1.165, 1.54) is 12.8 Å². The fraction of sp³-hybridized carbons (Fsp3) is 0.762. The molecule has 2 rings (SSSR count). The maximum atomic E-state index is 10.5. The first-order valence-corrected chi connectivity index (χ1v) is 9.96. The van der Waals surface area contributed by atoms with E-state index < -0.39 is 5.97 Å². The second-order valence-electron chi connectivity index (χ2n) is 7.55. The predicted molar refractivity (Wildman–Crippen MR) is 99.4 cm³/mol. The number of unbranched alkanes of at least 4 members (excludes halogenated alkanes) is 3. The number of fused-ring (bicyclic) bond motifs is 2. The Morgan fingerprint density at radius 1 is 1.28 bits per heavy atom. The van der Waals surface area contributed by atoms with Crippen LogP contribution in [0.2, 0.25) is 0 Å². The van der Waals surface area contributed by atoms with Gasteiger partial charge in [-0.25, -0.2) is 0 Å². The molecule has 1 saturated carbocycles. The van der Waals surface area contributed by atoms with Gasteiger partial charge in [-0.2, -0.15) is 0 Å². The molecular weight excluding hydrogens is 316 g/mol. The van der Waals surface area contributed by atoms with Gasteiger partial charge in [0.05, 0.1) is 18.8 Å². The smallest absolute Gasteiger partial charge is 0.303 e. The normalized spacial score (nSPS) is 29.8. The molecule has 1 aliphatic heterocycles. The fourth-order valence-corrected chi connectivity index (χ4v) is 4.15. The molecule has 0 amide bonds. The van der Waals surface area contributed by atoms with Crippen LogP contribution in [0.15, 0.2) is 24.3 Å². The van der Waals surface area contributed by atoms with Crippen molar-refractivity contribution >= 4 is 5.97 Å². The lowest BCUT2D eigenvalue weighted by Crippen LogP contribution is -2.27. The number of aliphatic hydroxyl groups excluding tert-OH is 1. The Hall–Kier alpha value is -1.13. The molecule has 2 bridgehead atoms. The molecular formula is C21H34O4. The van der Waals surface area contributed by atoms with Gasteiger partial charge in [0.1, 0.15) is 0 Å². The van der Waals surface area contributed by atoms with Crippen LogP contribution in [-0.2, 0) is 9.53 Å². The lowest BCUT2D eigenvalue weighted by molar-refractivity contribution is -0.137. The van der Waals surface area contributed by atoms with Crippen LogP contribution in [0.25, 0.3) is 0 Å². The monoisotopic (exact) mass is 350 g/mol. The highest BCUT2D eigenvalue weighted by molar-refractivity contribution is 5.66. The zero-order valence-corrected chi connectivity index (χ0v) is 15.5. The highest BCUT2D eigenvalue weighted by Gasteiger charge is 2.46. The zero-order valence-electron chi connectivity index (χ0n) is 15.5. The van der Waals surface area contributed by atoms with Crippen LogP contribution in [0.3, 0.4) is 0 Å². The number of allylic oxidation sites excluding steroid dienone is 2. The number of aliphatic hydroxyl groups is 1. The molecule has 0 radical (unpaired) electrons. The van der Waals surface area contributed by atoms with E-state index in [9.17, 15) is 9.90 Å². The van der Waals surface area contributed by atoms with Crippen molar-refractivity contribution in [1.82, 2.24) is 0 Å². The second-order valence-corrected chi connectivity index (χ2v) is 7.55. The fourth-order valence-electron chi connectivity index (χ4n) is 4.15. The summed E-state index contributed by atoms with van der Waals surface area (Å²) in [6.07, 6.45) is 16.7. The second kappa shape index (κ2) is 10.8. The Morgan fingerprint density at radius 3 is 2.88 bits per heavy atom. The summed E-state index contributed by atoms with van der Waals surface area (Å²) in [7, 11) is 0. The Balaban J connectivity index is 1.78. The predicted octanol–water partition coefficient (Wildman–Crippen LogP) is 4.34. The molecule has 2 fully saturated rings. The quantitative estimate of drug-likeness (QED) is 0.406. The Kier molecular flexibility index (Phi) is 8.70. The molecule has 0 spiro atoms. The van der Waals surface area contributed by atoms with Crippen molar-refractivity contribution < 1.29 is 19.7 Å². The average Bonchev–Trinajstić information content (AvgIpc) is 3.17. The number of carboxylic acids is 1. The van der Waals surface area contributed by atoms with Gasteiger partial charge < -0.3 is 14.9 Å². The van der Waals surface area contributed by atoms with Crippen molar-refractivity contribution in [2.75, 3.05) is 6.61 Å². The standard InChI is InChI=1S/C21H34O4/c1-2-3-6-9-17(22)12-13-19-18(16-14-20(19)25-15-16)10-7-4-5-8-11-21(23)24/h4,7,12-13,16-20,22H,2-3,5-6,8-11,14-15H2,1H3,(H,23,24)/b7-4-,13-12+/t16-,17?,18+,19-,20-/m1/s1. The Morgan fingerprint density at radius 2 is 2.12 bits per heavy atom. The van der Waals surface area contributed by atoms with Crippen LogP contribution in [0.4, 0.5) is 0 Å². The van der Waals surface area contributed by atoms with Gasteiger partial charge in [-0.3, -0.25) is 4.79 Å². The number of carbonyl (C=O) groups is 1. The summed E-state index contributed by atoms with van der Waals surface area (Å²) >= 11 is 0. The largest absolute Gasteiger partial charge is 0.481 e. The lowest BCUT2D eigenvalue weighted by Gasteiger charge is -2.28. The van der Waals surface area contributed by atoms with Crippen LogP contribution in [-0.4, -0.2) is 35.0 Å². The first kappa shape index (κ1) is 20.2. The topological polar surface area (TPSA) is 66.8 Å². The van der Waals surface area contributed by atoms with Gasteiger partial charge in [0.15, 0.2) is 0 Å². The number of rotatable bonds is 12. The van der Waals surface area contributed by atoms with E-state index >= 15 is 0 Å². The summed E-state index contributed by atoms with van der Waals surface area (Å²) in [4.78, 5) is 10.5. The van der Waals surface area contributed by atoms with Crippen molar-refractivity contribution in [3.05, 3.63) is 24.3 Å². The Bertz CT molecular complexity index is 457. The Labute approximate surface area is 152 Å². The number of aliphatic carboxylic acids is 1. The molecule has 0 aromatic carbocycles. The van der Waals surface area contributed by atoms with Gasteiger partial charge in [-0.1, -0.05) is 50.5 Å². The van der Waals surface area contributed by atoms with Crippen LogP contribution >= 0.6 is 0 Å². The summed E-state index contributed by atoms with van der Waals surface area (Å²) in [6, 6.07) is 0. The summed E-state index contributed by atoms with van der Waals surface area (Å²) in [5.41, 5.74) is 0. The van der Waals surface area contributed by atoms with Gasteiger partial charge >= 0.3 is 5.97 Å². The molecule has 0 aromatic heterocycles.